The zero-order valence-corrected chi connectivity index (χ0v) is 18.9. The number of aromatic amines is 1. The van der Waals surface area contributed by atoms with Gasteiger partial charge in [-0.3, -0.25) is 0 Å². The van der Waals surface area contributed by atoms with Crippen molar-refractivity contribution in [3.8, 4) is 0 Å². The van der Waals surface area contributed by atoms with Crippen molar-refractivity contribution in [3.63, 3.8) is 0 Å². The fourth-order valence-electron chi connectivity index (χ4n) is 3.86. The Bertz CT molecular complexity index is 898. The van der Waals surface area contributed by atoms with Crippen LogP contribution in [0.25, 0.3) is 0 Å². The molecule has 1 fully saturated rings. The van der Waals surface area contributed by atoms with Crippen LogP contribution in [0.5, 0.6) is 0 Å². The molecule has 2 N–H and O–H groups in total. The average Bonchev–Trinajstić information content (AvgIpc) is 3.36. The summed E-state index contributed by atoms with van der Waals surface area (Å²) in [6.07, 6.45) is 2.08. The van der Waals surface area contributed by atoms with Crippen molar-refractivity contribution in [1.82, 2.24) is 15.2 Å². The molecule has 0 saturated carbocycles. The topological polar surface area (TPSA) is 83.7 Å². The summed E-state index contributed by atoms with van der Waals surface area (Å²) in [7, 11) is 0. The van der Waals surface area contributed by atoms with Gasteiger partial charge in [0.2, 0.25) is 0 Å². The van der Waals surface area contributed by atoms with E-state index in [9.17, 15) is 9.59 Å². The van der Waals surface area contributed by atoms with Crippen molar-refractivity contribution in [3.05, 3.63) is 57.9 Å². The first kappa shape index (κ1) is 22.9. The molecule has 0 aliphatic carbocycles. The molecule has 31 heavy (non-hydrogen) atoms. The van der Waals surface area contributed by atoms with Crippen LogP contribution in [-0.2, 0) is 22.6 Å². The molecule has 2 aromatic rings. The number of aromatic nitrogens is 1. The Labute approximate surface area is 184 Å². The van der Waals surface area contributed by atoms with Crippen LogP contribution in [0, 0.1) is 20.8 Å². The lowest BCUT2D eigenvalue weighted by molar-refractivity contribution is 0.0519. The van der Waals surface area contributed by atoms with Crippen LogP contribution < -0.4 is 5.32 Å². The highest BCUT2D eigenvalue weighted by molar-refractivity contribution is 5.89. The SMILES string of the molecule is CCOC(=O)c1[nH]c(C)c(CN(Cc2ccc(C)cc2)C(=O)NCC2CCCO2)c1C. The zero-order chi connectivity index (χ0) is 22.4. The predicted octanol–water partition coefficient (Wildman–Crippen LogP) is 4.01. The van der Waals surface area contributed by atoms with E-state index in [1.807, 2.05) is 45.0 Å². The van der Waals surface area contributed by atoms with E-state index in [4.69, 9.17) is 9.47 Å². The van der Waals surface area contributed by atoms with Gasteiger partial charge in [-0.05, 0) is 57.2 Å². The number of urea groups is 1. The van der Waals surface area contributed by atoms with Crippen LogP contribution in [0.15, 0.2) is 24.3 Å². The summed E-state index contributed by atoms with van der Waals surface area (Å²) in [5, 5.41) is 3.03. The molecule has 168 valence electrons. The summed E-state index contributed by atoms with van der Waals surface area (Å²) < 4.78 is 10.8. The van der Waals surface area contributed by atoms with E-state index < -0.39 is 0 Å². The smallest absolute Gasteiger partial charge is 0.355 e. The molecule has 7 heteroatoms. The molecule has 0 spiro atoms. The van der Waals surface area contributed by atoms with Gasteiger partial charge in [0, 0.05) is 31.9 Å². The number of H-pyrrole nitrogens is 1. The number of carbonyl (C=O) groups excluding carboxylic acids is 2. The van der Waals surface area contributed by atoms with Gasteiger partial charge in [-0.25, -0.2) is 9.59 Å². The van der Waals surface area contributed by atoms with Gasteiger partial charge in [0.1, 0.15) is 5.69 Å². The third kappa shape index (κ3) is 5.88. The summed E-state index contributed by atoms with van der Waals surface area (Å²) in [6, 6.07) is 8.02. The Morgan fingerprint density at radius 3 is 2.58 bits per heavy atom. The van der Waals surface area contributed by atoms with Gasteiger partial charge in [0.05, 0.1) is 12.7 Å². The molecule has 1 unspecified atom stereocenters. The fraction of sp³-hybridized carbons (Fsp3) is 0.500. The zero-order valence-electron chi connectivity index (χ0n) is 18.9. The van der Waals surface area contributed by atoms with Crippen molar-refractivity contribution in [2.75, 3.05) is 19.8 Å². The normalized spacial score (nSPS) is 15.7. The van der Waals surface area contributed by atoms with Gasteiger partial charge in [-0.2, -0.15) is 0 Å². The van der Waals surface area contributed by atoms with E-state index in [2.05, 4.69) is 10.3 Å². The molecule has 1 aliphatic heterocycles. The number of esters is 1. The maximum absolute atomic E-state index is 13.1. The van der Waals surface area contributed by atoms with Gasteiger partial charge in [0.15, 0.2) is 0 Å². The molecule has 1 aromatic carbocycles. The van der Waals surface area contributed by atoms with E-state index in [0.717, 1.165) is 41.8 Å². The van der Waals surface area contributed by atoms with Gasteiger partial charge >= 0.3 is 12.0 Å². The number of nitrogens with one attached hydrogen (secondary N) is 2. The second kappa shape index (κ2) is 10.5. The Morgan fingerprint density at radius 2 is 1.94 bits per heavy atom. The molecule has 7 nitrogen and oxygen atoms in total. The first-order valence-electron chi connectivity index (χ1n) is 10.9. The number of ether oxygens (including phenoxy) is 2. The Morgan fingerprint density at radius 1 is 1.19 bits per heavy atom. The van der Waals surface area contributed by atoms with Crippen LogP contribution in [0.1, 0.15) is 58.2 Å². The lowest BCUT2D eigenvalue weighted by Gasteiger charge is -2.25. The summed E-state index contributed by atoms with van der Waals surface area (Å²) in [5.74, 6) is -0.373. The number of nitrogens with zero attached hydrogens (tertiary/aromatic N) is 1. The lowest BCUT2D eigenvalue weighted by atomic mass is 10.1. The molecule has 0 radical (unpaired) electrons. The van der Waals surface area contributed by atoms with Crippen molar-refractivity contribution >= 4 is 12.0 Å². The number of amides is 2. The Hall–Kier alpha value is -2.80. The summed E-state index contributed by atoms with van der Waals surface area (Å²) in [4.78, 5) is 30.3. The minimum absolute atomic E-state index is 0.0799. The maximum Gasteiger partial charge on any atom is 0.355 e. The highest BCUT2D eigenvalue weighted by Crippen LogP contribution is 2.22. The molecule has 3 rings (SSSR count). The van der Waals surface area contributed by atoms with E-state index >= 15 is 0 Å². The van der Waals surface area contributed by atoms with E-state index in [-0.39, 0.29) is 18.1 Å². The van der Waals surface area contributed by atoms with Gasteiger partial charge in [-0.1, -0.05) is 29.8 Å². The summed E-state index contributed by atoms with van der Waals surface area (Å²) in [5.41, 5.74) is 5.29. The van der Waals surface area contributed by atoms with E-state index in [1.54, 1.807) is 11.8 Å². The fourth-order valence-corrected chi connectivity index (χ4v) is 3.86. The van der Waals surface area contributed by atoms with Crippen LogP contribution in [0.4, 0.5) is 4.79 Å². The molecular formula is C24H33N3O4. The third-order valence-electron chi connectivity index (χ3n) is 5.71. The van der Waals surface area contributed by atoms with E-state index in [1.165, 1.54) is 5.56 Å². The molecular weight excluding hydrogens is 394 g/mol. The number of carbonyl (C=O) groups is 2. The monoisotopic (exact) mass is 427 g/mol. The van der Waals surface area contributed by atoms with Crippen molar-refractivity contribution in [2.45, 2.75) is 59.7 Å². The van der Waals surface area contributed by atoms with Crippen molar-refractivity contribution in [2.24, 2.45) is 0 Å². The number of rotatable bonds is 8. The van der Waals surface area contributed by atoms with Gasteiger partial charge in [0.25, 0.3) is 0 Å². The molecule has 1 atom stereocenters. The highest BCUT2D eigenvalue weighted by Gasteiger charge is 2.23. The van der Waals surface area contributed by atoms with E-state index in [0.29, 0.717) is 31.9 Å². The number of hydrogen-bond donors (Lipinski definition) is 2. The summed E-state index contributed by atoms with van der Waals surface area (Å²) in [6.45, 7) is 10.1. The Kier molecular flexibility index (Phi) is 7.74. The molecule has 1 aliphatic rings. The molecule has 2 heterocycles. The van der Waals surface area contributed by atoms with Crippen LogP contribution in [-0.4, -0.2) is 47.7 Å². The minimum atomic E-state index is -0.373. The van der Waals surface area contributed by atoms with Gasteiger partial charge in [-0.15, -0.1) is 0 Å². The number of hydrogen-bond acceptors (Lipinski definition) is 4. The molecule has 0 bridgehead atoms. The summed E-state index contributed by atoms with van der Waals surface area (Å²) >= 11 is 0. The third-order valence-corrected chi connectivity index (χ3v) is 5.71. The van der Waals surface area contributed by atoms with Crippen molar-refractivity contribution in [1.29, 1.82) is 0 Å². The number of benzene rings is 1. The first-order valence-corrected chi connectivity index (χ1v) is 10.9. The second-order valence-corrected chi connectivity index (χ2v) is 8.11. The van der Waals surface area contributed by atoms with Crippen LogP contribution >= 0.6 is 0 Å². The Balaban J connectivity index is 1.79. The minimum Gasteiger partial charge on any atom is -0.461 e. The first-order chi connectivity index (χ1) is 14.9. The highest BCUT2D eigenvalue weighted by atomic mass is 16.5. The largest absolute Gasteiger partial charge is 0.461 e. The number of aryl methyl sites for hydroxylation is 2. The predicted molar refractivity (Wildman–Crippen MR) is 119 cm³/mol. The molecule has 2 amide bonds. The maximum atomic E-state index is 13.1. The van der Waals surface area contributed by atoms with Gasteiger partial charge < -0.3 is 24.7 Å². The second-order valence-electron chi connectivity index (χ2n) is 8.11. The lowest BCUT2D eigenvalue weighted by Crippen LogP contribution is -2.42. The quantitative estimate of drug-likeness (QED) is 0.624. The van der Waals surface area contributed by atoms with Crippen LogP contribution in [0.2, 0.25) is 0 Å². The standard InChI is InChI=1S/C24H33N3O4/c1-5-30-23(28)22-17(3)21(18(4)26-22)15-27(14-19-10-8-16(2)9-11-19)24(29)25-13-20-7-6-12-31-20/h8-11,20,26H,5-7,12-15H2,1-4H3,(H,25,29). The molecule has 1 saturated heterocycles. The molecule has 1 aromatic heterocycles. The van der Waals surface area contributed by atoms with Crippen molar-refractivity contribution < 1.29 is 19.1 Å². The average molecular weight is 428 g/mol. The van der Waals surface area contributed by atoms with Crippen LogP contribution in [0.3, 0.4) is 0 Å².